The SMILES string of the molecule is CC(C)c1ccccc1NC(=O)COc1ccccc1C=O. The van der Waals surface area contributed by atoms with Gasteiger partial charge in [0.05, 0.1) is 5.56 Å². The van der Waals surface area contributed by atoms with Crippen molar-refractivity contribution in [2.75, 3.05) is 11.9 Å². The van der Waals surface area contributed by atoms with Gasteiger partial charge in [0.1, 0.15) is 5.75 Å². The van der Waals surface area contributed by atoms with Crippen molar-refractivity contribution in [1.82, 2.24) is 0 Å². The molecule has 4 nitrogen and oxygen atoms in total. The molecular formula is C18H19NO3. The fraction of sp³-hybridized carbons (Fsp3) is 0.222. The molecule has 22 heavy (non-hydrogen) atoms. The molecule has 1 amide bonds. The van der Waals surface area contributed by atoms with Gasteiger partial charge in [-0.15, -0.1) is 0 Å². The minimum absolute atomic E-state index is 0.142. The van der Waals surface area contributed by atoms with Crippen LogP contribution in [0.4, 0.5) is 5.69 Å². The molecule has 0 radical (unpaired) electrons. The normalized spacial score (nSPS) is 10.3. The summed E-state index contributed by atoms with van der Waals surface area (Å²) in [5.41, 5.74) is 2.29. The average molecular weight is 297 g/mol. The van der Waals surface area contributed by atoms with Gasteiger partial charge in [-0.2, -0.15) is 0 Å². The van der Waals surface area contributed by atoms with E-state index in [2.05, 4.69) is 19.2 Å². The van der Waals surface area contributed by atoms with Gasteiger partial charge in [0.2, 0.25) is 0 Å². The third kappa shape index (κ3) is 3.95. The molecule has 0 bridgehead atoms. The maximum Gasteiger partial charge on any atom is 0.262 e. The summed E-state index contributed by atoms with van der Waals surface area (Å²) in [6.07, 6.45) is 0.710. The van der Waals surface area contributed by atoms with Crippen LogP contribution in [0, 0.1) is 0 Å². The maximum absolute atomic E-state index is 12.0. The number of hydrogen-bond acceptors (Lipinski definition) is 3. The Labute approximate surface area is 130 Å². The van der Waals surface area contributed by atoms with Crippen LogP contribution in [0.1, 0.15) is 35.7 Å². The van der Waals surface area contributed by atoms with Crippen molar-refractivity contribution in [2.24, 2.45) is 0 Å². The lowest BCUT2D eigenvalue weighted by Crippen LogP contribution is -2.21. The van der Waals surface area contributed by atoms with Gasteiger partial charge in [0.25, 0.3) is 5.91 Å². The molecule has 2 aromatic carbocycles. The number of benzene rings is 2. The van der Waals surface area contributed by atoms with Crippen LogP contribution in [-0.4, -0.2) is 18.8 Å². The van der Waals surface area contributed by atoms with Crippen molar-refractivity contribution in [3.8, 4) is 5.75 Å². The number of carbonyl (C=O) groups excluding carboxylic acids is 2. The lowest BCUT2D eigenvalue weighted by molar-refractivity contribution is -0.118. The number of anilines is 1. The summed E-state index contributed by atoms with van der Waals surface area (Å²) < 4.78 is 5.42. The number of rotatable bonds is 6. The molecule has 114 valence electrons. The first-order valence-corrected chi connectivity index (χ1v) is 7.17. The zero-order valence-electron chi connectivity index (χ0n) is 12.7. The van der Waals surface area contributed by atoms with E-state index >= 15 is 0 Å². The fourth-order valence-electron chi connectivity index (χ4n) is 2.15. The molecule has 0 unspecified atom stereocenters. The van der Waals surface area contributed by atoms with Crippen LogP contribution in [0.2, 0.25) is 0 Å². The standard InChI is InChI=1S/C18H19NO3/c1-13(2)15-8-4-5-9-16(15)19-18(21)12-22-17-10-6-3-7-14(17)11-20/h3-11,13H,12H2,1-2H3,(H,19,21). The predicted octanol–water partition coefficient (Wildman–Crippen LogP) is 3.64. The summed E-state index contributed by atoms with van der Waals surface area (Å²) in [4.78, 5) is 22.9. The predicted molar refractivity (Wildman–Crippen MR) is 86.5 cm³/mol. The van der Waals surface area contributed by atoms with Crippen molar-refractivity contribution in [3.63, 3.8) is 0 Å². The molecule has 0 saturated carbocycles. The first-order chi connectivity index (χ1) is 10.6. The van der Waals surface area contributed by atoms with Crippen LogP contribution in [-0.2, 0) is 4.79 Å². The van der Waals surface area contributed by atoms with E-state index in [1.54, 1.807) is 24.3 Å². The van der Waals surface area contributed by atoms with Gasteiger partial charge >= 0.3 is 0 Å². The van der Waals surface area contributed by atoms with Gasteiger partial charge in [-0.05, 0) is 29.7 Å². The van der Waals surface area contributed by atoms with Crippen molar-refractivity contribution in [2.45, 2.75) is 19.8 Å². The Balaban J connectivity index is 2.01. The minimum atomic E-state index is -0.256. The molecule has 0 aliphatic carbocycles. The van der Waals surface area contributed by atoms with Crippen molar-refractivity contribution in [3.05, 3.63) is 59.7 Å². The van der Waals surface area contributed by atoms with Crippen molar-refractivity contribution in [1.29, 1.82) is 0 Å². The molecule has 4 heteroatoms. The fourth-order valence-corrected chi connectivity index (χ4v) is 2.15. The summed E-state index contributed by atoms with van der Waals surface area (Å²) in [5.74, 6) is 0.465. The Morgan fingerprint density at radius 2 is 1.82 bits per heavy atom. The van der Waals surface area contributed by atoms with E-state index in [1.807, 2.05) is 24.3 Å². The summed E-state index contributed by atoms with van der Waals surface area (Å²) in [6.45, 7) is 4.00. The number of amides is 1. The Morgan fingerprint density at radius 1 is 1.14 bits per heavy atom. The minimum Gasteiger partial charge on any atom is -0.483 e. The van der Waals surface area contributed by atoms with Gasteiger partial charge in [0, 0.05) is 5.69 Å². The van der Waals surface area contributed by atoms with Crippen LogP contribution < -0.4 is 10.1 Å². The summed E-state index contributed by atoms with van der Waals surface area (Å²) in [5, 5.41) is 2.85. The number of nitrogens with one attached hydrogen (secondary N) is 1. The molecule has 2 rings (SSSR count). The lowest BCUT2D eigenvalue weighted by Gasteiger charge is -2.14. The zero-order chi connectivity index (χ0) is 15.9. The molecule has 0 aliphatic rings. The van der Waals surface area contributed by atoms with Crippen LogP contribution in [0.5, 0.6) is 5.75 Å². The van der Waals surface area contributed by atoms with Gasteiger partial charge in [-0.1, -0.05) is 44.2 Å². The monoisotopic (exact) mass is 297 g/mol. The molecule has 0 fully saturated rings. The van der Waals surface area contributed by atoms with E-state index in [1.165, 1.54) is 0 Å². The van der Waals surface area contributed by atoms with Crippen molar-refractivity contribution < 1.29 is 14.3 Å². The highest BCUT2D eigenvalue weighted by Crippen LogP contribution is 2.23. The number of carbonyl (C=O) groups is 2. The molecule has 0 spiro atoms. The van der Waals surface area contributed by atoms with Gasteiger partial charge < -0.3 is 10.1 Å². The number of hydrogen-bond donors (Lipinski definition) is 1. The topological polar surface area (TPSA) is 55.4 Å². The van der Waals surface area contributed by atoms with Crippen LogP contribution in [0.25, 0.3) is 0 Å². The largest absolute Gasteiger partial charge is 0.483 e. The molecule has 0 aromatic heterocycles. The van der Waals surface area contributed by atoms with Crippen LogP contribution in [0.3, 0.4) is 0 Å². The second-order valence-electron chi connectivity index (χ2n) is 5.23. The van der Waals surface area contributed by atoms with E-state index in [-0.39, 0.29) is 12.5 Å². The van der Waals surface area contributed by atoms with Crippen LogP contribution >= 0.6 is 0 Å². The zero-order valence-corrected chi connectivity index (χ0v) is 12.7. The molecule has 1 N–H and O–H groups in total. The second kappa shape index (κ2) is 7.41. The molecule has 2 aromatic rings. The second-order valence-corrected chi connectivity index (χ2v) is 5.23. The Bertz CT molecular complexity index is 665. The smallest absolute Gasteiger partial charge is 0.262 e. The highest BCUT2D eigenvalue weighted by molar-refractivity contribution is 5.93. The van der Waals surface area contributed by atoms with E-state index < -0.39 is 0 Å². The Morgan fingerprint density at radius 3 is 2.55 bits per heavy atom. The van der Waals surface area contributed by atoms with Gasteiger partial charge in [0.15, 0.2) is 12.9 Å². The molecule has 0 saturated heterocycles. The van der Waals surface area contributed by atoms with Crippen molar-refractivity contribution >= 4 is 17.9 Å². The third-order valence-corrected chi connectivity index (χ3v) is 3.26. The van der Waals surface area contributed by atoms with E-state index in [0.29, 0.717) is 23.5 Å². The molecule has 0 heterocycles. The number of ether oxygens (including phenoxy) is 1. The Hall–Kier alpha value is -2.62. The lowest BCUT2D eigenvalue weighted by atomic mass is 10.0. The molecular weight excluding hydrogens is 278 g/mol. The maximum atomic E-state index is 12.0. The number of aldehydes is 1. The highest BCUT2D eigenvalue weighted by atomic mass is 16.5. The number of para-hydroxylation sites is 2. The summed E-state index contributed by atoms with van der Waals surface area (Å²) in [6, 6.07) is 14.5. The Kier molecular flexibility index (Phi) is 5.31. The highest BCUT2D eigenvalue weighted by Gasteiger charge is 2.10. The third-order valence-electron chi connectivity index (χ3n) is 3.26. The van der Waals surface area contributed by atoms with E-state index in [4.69, 9.17) is 4.74 Å². The quantitative estimate of drug-likeness (QED) is 0.828. The van der Waals surface area contributed by atoms with E-state index in [0.717, 1.165) is 11.3 Å². The summed E-state index contributed by atoms with van der Waals surface area (Å²) in [7, 11) is 0. The average Bonchev–Trinajstić information content (AvgIpc) is 2.53. The first kappa shape index (κ1) is 15.8. The first-order valence-electron chi connectivity index (χ1n) is 7.17. The van der Waals surface area contributed by atoms with Gasteiger partial charge in [-0.3, -0.25) is 9.59 Å². The van der Waals surface area contributed by atoms with Gasteiger partial charge in [-0.25, -0.2) is 0 Å². The molecule has 0 atom stereocenters. The van der Waals surface area contributed by atoms with Crippen LogP contribution in [0.15, 0.2) is 48.5 Å². The molecule has 0 aliphatic heterocycles. The summed E-state index contributed by atoms with van der Waals surface area (Å²) >= 11 is 0. The van der Waals surface area contributed by atoms with E-state index in [9.17, 15) is 9.59 Å².